The Labute approximate surface area is 118 Å². The van der Waals surface area contributed by atoms with Gasteiger partial charge in [-0.15, -0.1) is 0 Å². The maximum Gasteiger partial charge on any atom is 0.323 e. The highest BCUT2D eigenvalue weighted by molar-refractivity contribution is 6.30. The van der Waals surface area contributed by atoms with Crippen LogP contribution in [0.4, 0.5) is 5.69 Å². The monoisotopic (exact) mass is 285 g/mol. The van der Waals surface area contributed by atoms with Crippen LogP contribution in [-0.2, 0) is 9.53 Å². The second kappa shape index (κ2) is 6.78. The van der Waals surface area contributed by atoms with E-state index in [2.05, 4.69) is 0 Å². The zero-order valence-electron chi connectivity index (χ0n) is 11.5. The quantitative estimate of drug-likeness (QED) is 0.836. The molecule has 0 heterocycles. The predicted octanol–water partition coefficient (Wildman–Crippen LogP) is 3.05. The molecule has 1 N–H and O–H groups in total. The van der Waals surface area contributed by atoms with Crippen LogP contribution >= 0.6 is 11.6 Å². The van der Waals surface area contributed by atoms with Crippen molar-refractivity contribution in [2.24, 2.45) is 0 Å². The lowest BCUT2D eigenvalue weighted by atomic mass is 10.0. The van der Waals surface area contributed by atoms with Crippen molar-refractivity contribution < 1.29 is 14.6 Å². The van der Waals surface area contributed by atoms with Gasteiger partial charge in [0.15, 0.2) is 0 Å². The Bertz CT molecular complexity index is 417. The van der Waals surface area contributed by atoms with Gasteiger partial charge in [-0.2, -0.15) is 0 Å². The van der Waals surface area contributed by atoms with E-state index >= 15 is 0 Å². The van der Waals surface area contributed by atoms with Gasteiger partial charge in [-0.3, -0.25) is 4.79 Å². The number of carboxylic acid groups (broad SMARTS) is 1. The molecule has 1 aromatic carbocycles. The Morgan fingerprint density at radius 3 is 2.42 bits per heavy atom. The van der Waals surface area contributed by atoms with Crippen LogP contribution in [0.5, 0.6) is 0 Å². The van der Waals surface area contributed by atoms with Crippen LogP contribution in [0.3, 0.4) is 0 Å². The molecular weight excluding hydrogens is 266 g/mol. The standard InChI is InChI=1S/C14H20ClNO3/c1-14(2,19-3)8-9-16(10-13(17)18)12-6-4-11(15)5-7-12/h4-7H,8-10H2,1-3H3,(H,17,18). The highest BCUT2D eigenvalue weighted by Crippen LogP contribution is 2.20. The summed E-state index contributed by atoms with van der Waals surface area (Å²) in [5.41, 5.74) is 0.571. The molecule has 0 saturated heterocycles. The summed E-state index contributed by atoms with van der Waals surface area (Å²) < 4.78 is 5.35. The molecule has 106 valence electrons. The van der Waals surface area contributed by atoms with E-state index in [1.165, 1.54) is 0 Å². The van der Waals surface area contributed by atoms with E-state index in [0.717, 1.165) is 12.1 Å². The third-order valence-electron chi connectivity index (χ3n) is 3.05. The molecule has 19 heavy (non-hydrogen) atoms. The average molecular weight is 286 g/mol. The first-order valence-corrected chi connectivity index (χ1v) is 6.49. The molecule has 1 aromatic rings. The number of nitrogens with zero attached hydrogens (tertiary/aromatic N) is 1. The molecule has 5 heteroatoms. The summed E-state index contributed by atoms with van der Waals surface area (Å²) in [6, 6.07) is 7.16. The van der Waals surface area contributed by atoms with Gasteiger partial charge >= 0.3 is 5.97 Å². The highest BCUT2D eigenvalue weighted by atomic mass is 35.5. The Kier molecular flexibility index (Phi) is 5.63. The molecule has 0 fully saturated rings. The van der Waals surface area contributed by atoms with Crippen LogP contribution in [0.15, 0.2) is 24.3 Å². The van der Waals surface area contributed by atoms with Crippen molar-refractivity contribution in [1.29, 1.82) is 0 Å². The van der Waals surface area contributed by atoms with E-state index in [1.54, 1.807) is 24.1 Å². The van der Waals surface area contributed by atoms with Crippen LogP contribution in [-0.4, -0.2) is 36.9 Å². The van der Waals surface area contributed by atoms with Gasteiger partial charge in [0, 0.05) is 24.4 Å². The van der Waals surface area contributed by atoms with E-state index in [9.17, 15) is 4.79 Å². The van der Waals surface area contributed by atoms with Gasteiger partial charge in [0.2, 0.25) is 0 Å². The summed E-state index contributed by atoms with van der Waals surface area (Å²) in [6.45, 7) is 4.53. The third-order valence-corrected chi connectivity index (χ3v) is 3.31. The molecule has 4 nitrogen and oxygen atoms in total. The molecule has 0 aliphatic heterocycles. The molecule has 0 atom stereocenters. The number of aliphatic carboxylic acids is 1. The zero-order chi connectivity index (χ0) is 14.5. The van der Waals surface area contributed by atoms with Gasteiger partial charge in [0.1, 0.15) is 6.54 Å². The van der Waals surface area contributed by atoms with Crippen LogP contribution in [0.2, 0.25) is 5.02 Å². The molecule has 0 aromatic heterocycles. The van der Waals surface area contributed by atoms with E-state index < -0.39 is 5.97 Å². The first-order chi connectivity index (χ1) is 8.84. The molecule has 0 aliphatic carbocycles. The smallest absolute Gasteiger partial charge is 0.323 e. The molecule has 0 unspecified atom stereocenters. The third kappa shape index (κ3) is 5.49. The lowest BCUT2D eigenvalue weighted by Crippen LogP contribution is -2.35. The molecular formula is C14H20ClNO3. The van der Waals surface area contributed by atoms with Crippen molar-refractivity contribution in [2.45, 2.75) is 25.9 Å². The number of benzene rings is 1. The van der Waals surface area contributed by atoms with E-state index in [1.807, 2.05) is 26.0 Å². The van der Waals surface area contributed by atoms with Gasteiger partial charge in [-0.05, 0) is 44.5 Å². The number of hydrogen-bond acceptors (Lipinski definition) is 3. The fraction of sp³-hybridized carbons (Fsp3) is 0.500. The van der Waals surface area contributed by atoms with E-state index in [-0.39, 0.29) is 12.1 Å². The highest BCUT2D eigenvalue weighted by Gasteiger charge is 2.19. The first-order valence-electron chi connectivity index (χ1n) is 6.11. The summed E-state index contributed by atoms with van der Waals surface area (Å²) in [5.74, 6) is -0.856. The summed E-state index contributed by atoms with van der Waals surface area (Å²) >= 11 is 5.84. The SMILES string of the molecule is COC(C)(C)CCN(CC(=O)O)c1ccc(Cl)cc1. The number of rotatable bonds is 7. The predicted molar refractivity (Wildman–Crippen MR) is 77.0 cm³/mol. The van der Waals surface area contributed by atoms with Crippen LogP contribution in [0.25, 0.3) is 0 Å². The van der Waals surface area contributed by atoms with Crippen molar-refractivity contribution in [2.75, 3.05) is 25.1 Å². The number of methoxy groups -OCH3 is 1. The summed E-state index contributed by atoms with van der Waals surface area (Å²) in [4.78, 5) is 12.8. The Morgan fingerprint density at radius 2 is 1.95 bits per heavy atom. The van der Waals surface area contributed by atoms with Crippen molar-refractivity contribution in [3.05, 3.63) is 29.3 Å². The lowest BCUT2D eigenvalue weighted by molar-refractivity contribution is -0.135. The van der Waals surface area contributed by atoms with Gasteiger partial charge in [-0.1, -0.05) is 11.6 Å². The van der Waals surface area contributed by atoms with Crippen molar-refractivity contribution in [3.8, 4) is 0 Å². The zero-order valence-corrected chi connectivity index (χ0v) is 12.3. The molecule has 0 saturated carbocycles. The number of anilines is 1. The largest absolute Gasteiger partial charge is 0.480 e. The maximum atomic E-state index is 10.9. The molecule has 0 bridgehead atoms. The number of carbonyl (C=O) groups is 1. The van der Waals surface area contributed by atoms with Crippen LogP contribution in [0, 0.1) is 0 Å². The van der Waals surface area contributed by atoms with E-state index in [4.69, 9.17) is 21.4 Å². The van der Waals surface area contributed by atoms with Crippen LogP contribution < -0.4 is 4.90 Å². The Morgan fingerprint density at radius 1 is 1.37 bits per heavy atom. The molecule has 0 aliphatic rings. The minimum Gasteiger partial charge on any atom is -0.480 e. The molecule has 0 radical (unpaired) electrons. The number of ether oxygens (including phenoxy) is 1. The summed E-state index contributed by atoms with van der Waals surface area (Å²) in [6.07, 6.45) is 0.736. The summed E-state index contributed by atoms with van der Waals surface area (Å²) in [5, 5.41) is 9.62. The molecule has 1 rings (SSSR count). The average Bonchev–Trinajstić information content (AvgIpc) is 2.35. The van der Waals surface area contributed by atoms with Crippen molar-refractivity contribution >= 4 is 23.3 Å². The Hall–Kier alpha value is -1.26. The van der Waals surface area contributed by atoms with E-state index in [0.29, 0.717) is 11.6 Å². The minimum absolute atomic E-state index is 0.0403. The topological polar surface area (TPSA) is 49.8 Å². The Balaban J connectivity index is 2.77. The fourth-order valence-corrected chi connectivity index (χ4v) is 1.75. The number of hydrogen-bond donors (Lipinski definition) is 1. The van der Waals surface area contributed by atoms with Gasteiger partial charge in [0.05, 0.1) is 5.60 Å². The van der Waals surface area contributed by atoms with Crippen molar-refractivity contribution in [1.82, 2.24) is 0 Å². The molecule has 0 amide bonds. The second-order valence-corrected chi connectivity index (χ2v) is 5.44. The first kappa shape index (κ1) is 15.8. The summed E-state index contributed by atoms with van der Waals surface area (Å²) in [7, 11) is 1.66. The number of carboxylic acids is 1. The van der Waals surface area contributed by atoms with Gasteiger partial charge in [-0.25, -0.2) is 0 Å². The molecule has 0 spiro atoms. The normalized spacial score (nSPS) is 11.4. The maximum absolute atomic E-state index is 10.9. The van der Waals surface area contributed by atoms with Crippen LogP contribution in [0.1, 0.15) is 20.3 Å². The lowest BCUT2D eigenvalue weighted by Gasteiger charge is -2.29. The van der Waals surface area contributed by atoms with Crippen molar-refractivity contribution in [3.63, 3.8) is 0 Å². The second-order valence-electron chi connectivity index (χ2n) is 5.01. The minimum atomic E-state index is -0.856. The van der Waals surface area contributed by atoms with Gasteiger partial charge < -0.3 is 14.7 Å². The fourth-order valence-electron chi connectivity index (χ4n) is 1.62. The van der Waals surface area contributed by atoms with Gasteiger partial charge in [0.25, 0.3) is 0 Å². The number of halogens is 1.